The van der Waals surface area contributed by atoms with Crippen LogP contribution in [-0.2, 0) is 9.53 Å². The minimum absolute atomic E-state index is 0.128. The van der Waals surface area contributed by atoms with Crippen LogP contribution in [0.5, 0.6) is 0 Å². The lowest BCUT2D eigenvalue weighted by Gasteiger charge is -2.01. The lowest BCUT2D eigenvalue weighted by Crippen LogP contribution is -2.22. The van der Waals surface area contributed by atoms with E-state index in [1.165, 1.54) is 6.08 Å². The minimum Gasteiger partial charge on any atom is -0.385 e. The van der Waals surface area contributed by atoms with E-state index in [1.54, 1.807) is 44.5 Å². The first-order valence-corrected chi connectivity index (χ1v) is 6.44. The molecule has 1 aromatic rings. The Morgan fingerprint density at radius 3 is 2.55 bits per heavy atom. The van der Waals surface area contributed by atoms with Crippen LogP contribution in [0.15, 0.2) is 30.3 Å². The van der Waals surface area contributed by atoms with E-state index in [0.29, 0.717) is 18.7 Å². The lowest BCUT2D eigenvalue weighted by atomic mass is 10.1. The molecule has 0 aromatic heterocycles. The van der Waals surface area contributed by atoms with Gasteiger partial charge in [0, 0.05) is 38.9 Å². The van der Waals surface area contributed by atoms with Crippen LogP contribution in [0, 0.1) is 0 Å². The third-order valence-electron chi connectivity index (χ3n) is 2.65. The summed E-state index contributed by atoms with van der Waals surface area (Å²) in [4.78, 5) is 22.9. The molecule has 2 N–H and O–H groups in total. The molecule has 1 rings (SSSR count). The quantitative estimate of drug-likeness (QED) is 0.581. The van der Waals surface area contributed by atoms with Gasteiger partial charge in [-0.15, -0.1) is 0 Å². The van der Waals surface area contributed by atoms with Crippen LogP contribution >= 0.6 is 0 Å². The molecule has 0 aliphatic heterocycles. The molecule has 5 heteroatoms. The summed E-state index contributed by atoms with van der Waals surface area (Å²) in [7, 11) is 3.22. The van der Waals surface area contributed by atoms with Gasteiger partial charge in [0.1, 0.15) is 0 Å². The summed E-state index contributed by atoms with van der Waals surface area (Å²) in [5.74, 6) is -0.270. The van der Waals surface area contributed by atoms with Gasteiger partial charge in [-0.1, -0.05) is 12.1 Å². The highest BCUT2D eigenvalue weighted by atomic mass is 16.5. The van der Waals surface area contributed by atoms with Crippen molar-refractivity contribution < 1.29 is 14.3 Å². The molecule has 0 spiro atoms. The summed E-state index contributed by atoms with van der Waals surface area (Å²) in [6, 6.07) is 7.02. The maximum Gasteiger partial charge on any atom is 0.251 e. The third-order valence-corrected chi connectivity index (χ3v) is 2.65. The second-order valence-corrected chi connectivity index (χ2v) is 4.17. The van der Waals surface area contributed by atoms with Crippen LogP contribution in [0.4, 0.5) is 0 Å². The van der Waals surface area contributed by atoms with Gasteiger partial charge in [0.05, 0.1) is 0 Å². The van der Waals surface area contributed by atoms with Crippen molar-refractivity contribution >= 4 is 17.9 Å². The zero-order chi connectivity index (χ0) is 14.8. The van der Waals surface area contributed by atoms with Crippen molar-refractivity contribution in [3.8, 4) is 0 Å². The number of carbonyl (C=O) groups is 2. The molecule has 0 radical (unpaired) electrons. The average molecular weight is 276 g/mol. The van der Waals surface area contributed by atoms with Crippen molar-refractivity contribution in [2.45, 2.75) is 6.42 Å². The fourth-order valence-corrected chi connectivity index (χ4v) is 1.55. The van der Waals surface area contributed by atoms with E-state index in [1.807, 2.05) is 0 Å². The maximum absolute atomic E-state index is 11.5. The first kappa shape index (κ1) is 15.9. The maximum atomic E-state index is 11.5. The smallest absolute Gasteiger partial charge is 0.251 e. The number of methoxy groups -OCH3 is 1. The molecular weight excluding hydrogens is 256 g/mol. The number of amides is 2. The second-order valence-electron chi connectivity index (χ2n) is 4.17. The monoisotopic (exact) mass is 276 g/mol. The van der Waals surface area contributed by atoms with Crippen LogP contribution in [0.2, 0.25) is 0 Å². The Hall–Kier alpha value is -2.14. The molecule has 0 bridgehead atoms. The molecule has 0 fully saturated rings. The molecule has 0 saturated carbocycles. The van der Waals surface area contributed by atoms with E-state index in [0.717, 1.165) is 12.0 Å². The molecule has 2 amide bonds. The van der Waals surface area contributed by atoms with Gasteiger partial charge in [-0.2, -0.15) is 0 Å². The summed E-state index contributed by atoms with van der Waals surface area (Å²) in [6.07, 6.45) is 3.97. The first-order chi connectivity index (χ1) is 9.67. The molecule has 0 unspecified atom stereocenters. The molecule has 0 aliphatic rings. The largest absolute Gasteiger partial charge is 0.385 e. The molecule has 0 atom stereocenters. The SMILES string of the molecule is CNC(=O)c1ccc(/C=C/C(=O)NCCCOC)cc1. The van der Waals surface area contributed by atoms with Gasteiger partial charge in [0.2, 0.25) is 5.91 Å². The number of benzene rings is 1. The molecule has 108 valence electrons. The normalized spacial score (nSPS) is 10.5. The Morgan fingerprint density at radius 1 is 1.25 bits per heavy atom. The molecule has 1 aromatic carbocycles. The highest BCUT2D eigenvalue weighted by Gasteiger charge is 2.01. The number of rotatable bonds is 7. The number of nitrogens with one attached hydrogen (secondary N) is 2. The van der Waals surface area contributed by atoms with Gasteiger partial charge in [0.25, 0.3) is 5.91 Å². The van der Waals surface area contributed by atoms with Crippen LogP contribution in [-0.4, -0.2) is 39.1 Å². The lowest BCUT2D eigenvalue weighted by molar-refractivity contribution is -0.116. The molecule has 5 nitrogen and oxygen atoms in total. The van der Waals surface area contributed by atoms with Gasteiger partial charge in [-0.05, 0) is 30.2 Å². The van der Waals surface area contributed by atoms with Crippen molar-refractivity contribution in [3.63, 3.8) is 0 Å². The topological polar surface area (TPSA) is 67.4 Å². The van der Waals surface area contributed by atoms with Gasteiger partial charge in [-0.3, -0.25) is 9.59 Å². The van der Waals surface area contributed by atoms with E-state index in [9.17, 15) is 9.59 Å². The molecular formula is C15H20N2O3. The van der Waals surface area contributed by atoms with Crippen molar-refractivity contribution in [2.24, 2.45) is 0 Å². The Bertz CT molecular complexity index is 467. The third kappa shape index (κ3) is 5.67. The summed E-state index contributed by atoms with van der Waals surface area (Å²) in [5.41, 5.74) is 1.46. The van der Waals surface area contributed by atoms with E-state index in [-0.39, 0.29) is 11.8 Å². The van der Waals surface area contributed by atoms with E-state index in [4.69, 9.17) is 4.74 Å². The molecule has 0 aliphatic carbocycles. The Kier molecular flexibility index (Phi) is 7.06. The summed E-state index contributed by atoms with van der Waals surface area (Å²) in [5, 5.41) is 5.31. The van der Waals surface area contributed by atoms with Crippen LogP contribution < -0.4 is 10.6 Å². The summed E-state index contributed by atoms with van der Waals surface area (Å²) < 4.78 is 4.89. The van der Waals surface area contributed by atoms with Crippen LogP contribution in [0.25, 0.3) is 6.08 Å². The van der Waals surface area contributed by atoms with E-state index >= 15 is 0 Å². The van der Waals surface area contributed by atoms with Gasteiger partial charge >= 0.3 is 0 Å². The van der Waals surface area contributed by atoms with Crippen LogP contribution in [0.3, 0.4) is 0 Å². The minimum atomic E-state index is -0.142. The van der Waals surface area contributed by atoms with E-state index < -0.39 is 0 Å². The van der Waals surface area contributed by atoms with Crippen molar-refractivity contribution in [3.05, 3.63) is 41.5 Å². The number of hydrogen-bond acceptors (Lipinski definition) is 3. The number of carbonyl (C=O) groups excluding carboxylic acids is 2. The van der Waals surface area contributed by atoms with Gasteiger partial charge < -0.3 is 15.4 Å². The number of hydrogen-bond donors (Lipinski definition) is 2. The number of ether oxygens (including phenoxy) is 1. The zero-order valence-electron chi connectivity index (χ0n) is 11.8. The molecule has 20 heavy (non-hydrogen) atoms. The standard InChI is InChI=1S/C15H20N2O3/c1-16-15(19)13-7-4-12(5-8-13)6-9-14(18)17-10-3-11-20-2/h4-9H,3,10-11H2,1-2H3,(H,16,19)(H,17,18)/b9-6+. The van der Waals surface area contributed by atoms with Gasteiger partial charge in [-0.25, -0.2) is 0 Å². The summed E-state index contributed by atoms with van der Waals surface area (Å²) >= 11 is 0. The van der Waals surface area contributed by atoms with Crippen molar-refractivity contribution in [1.29, 1.82) is 0 Å². The Labute approximate surface area is 119 Å². The fraction of sp³-hybridized carbons (Fsp3) is 0.333. The molecule has 0 heterocycles. The van der Waals surface area contributed by atoms with Crippen molar-refractivity contribution in [2.75, 3.05) is 27.3 Å². The Morgan fingerprint density at radius 2 is 1.95 bits per heavy atom. The van der Waals surface area contributed by atoms with Gasteiger partial charge in [0.15, 0.2) is 0 Å². The Balaban J connectivity index is 2.45. The van der Waals surface area contributed by atoms with E-state index in [2.05, 4.69) is 10.6 Å². The predicted molar refractivity (Wildman–Crippen MR) is 78.4 cm³/mol. The molecule has 0 saturated heterocycles. The highest BCUT2D eigenvalue weighted by Crippen LogP contribution is 2.06. The van der Waals surface area contributed by atoms with Crippen LogP contribution in [0.1, 0.15) is 22.3 Å². The zero-order valence-corrected chi connectivity index (χ0v) is 11.8. The summed E-state index contributed by atoms with van der Waals surface area (Å²) in [6.45, 7) is 1.22. The first-order valence-electron chi connectivity index (χ1n) is 6.44. The second kappa shape index (κ2) is 8.87. The van der Waals surface area contributed by atoms with Crippen molar-refractivity contribution in [1.82, 2.24) is 10.6 Å². The highest BCUT2D eigenvalue weighted by molar-refractivity contribution is 5.94. The predicted octanol–water partition coefficient (Wildman–Crippen LogP) is 1.21. The fourth-order valence-electron chi connectivity index (χ4n) is 1.55. The average Bonchev–Trinajstić information content (AvgIpc) is 2.49.